The van der Waals surface area contributed by atoms with Crippen LogP contribution in [0.3, 0.4) is 0 Å². The summed E-state index contributed by atoms with van der Waals surface area (Å²) in [5.41, 5.74) is 2.84. The standard InChI is InChI=1S/C15H20O3/c1-10-6-11(2)15(14(7-10)17-3)13(16)8-12-4-5-18-9-12/h6-7,12H,4-5,8-9H2,1-3H3. The van der Waals surface area contributed by atoms with E-state index in [9.17, 15) is 4.79 Å². The van der Waals surface area contributed by atoms with Gasteiger partial charge in [-0.2, -0.15) is 0 Å². The minimum atomic E-state index is 0.167. The Balaban J connectivity index is 2.23. The van der Waals surface area contributed by atoms with E-state index in [1.165, 1.54) is 0 Å². The van der Waals surface area contributed by atoms with Crippen LogP contribution < -0.4 is 4.74 Å². The maximum absolute atomic E-state index is 12.4. The second-order valence-corrected chi connectivity index (χ2v) is 5.02. The highest BCUT2D eigenvalue weighted by atomic mass is 16.5. The van der Waals surface area contributed by atoms with Crippen molar-refractivity contribution in [1.29, 1.82) is 0 Å². The zero-order valence-corrected chi connectivity index (χ0v) is 11.3. The topological polar surface area (TPSA) is 35.5 Å². The fourth-order valence-electron chi connectivity index (χ4n) is 2.56. The first-order chi connectivity index (χ1) is 8.61. The summed E-state index contributed by atoms with van der Waals surface area (Å²) in [5, 5.41) is 0. The number of ketones is 1. The molecule has 0 aliphatic carbocycles. The molecule has 1 aromatic carbocycles. The van der Waals surface area contributed by atoms with Crippen molar-refractivity contribution in [1.82, 2.24) is 0 Å². The lowest BCUT2D eigenvalue weighted by Gasteiger charge is -2.13. The molecule has 0 spiro atoms. The zero-order chi connectivity index (χ0) is 13.1. The fraction of sp³-hybridized carbons (Fsp3) is 0.533. The molecule has 18 heavy (non-hydrogen) atoms. The van der Waals surface area contributed by atoms with Crippen LogP contribution in [0.5, 0.6) is 5.75 Å². The number of carbonyl (C=O) groups is 1. The third kappa shape index (κ3) is 2.72. The third-order valence-electron chi connectivity index (χ3n) is 3.44. The molecule has 1 atom stereocenters. The van der Waals surface area contributed by atoms with Gasteiger partial charge in [0.15, 0.2) is 5.78 Å². The molecule has 98 valence electrons. The fourth-order valence-corrected chi connectivity index (χ4v) is 2.56. The van der Waals surface area contributed by atoms with Gasteiger partial charge in [-0.3, -0.25) is 4.79 Å². The number of hydrogen-bond acceptors (Lipinski definition) is 3. The highest BCUT2D eigenvalue weighted by Crippen LogP contribution is 2.28. The second-order valence-electron chi connectivity index (χ2n) is 5.02. The third-order valence-corrected chi connectivity index (χ3v) is 3.44. The van der Waals surface area contributed by atoms with Crippen molar-refractivity contribution in [2.45, 2.75) is 26.7 Å². The molecule has 1 unspecified atom stereocenters. The molecule has 3 nitrogen and oxygen atoms in total. The molecule has 0 amide bonds. The van der Waals surface area contributed by atoms with Crippen LogP contribution in [0.2, 0.25) is 0 Å². The van der Waals surface area contributed by atoms with Crippen LogP contribution in [0, 0.1) is 19.8 Å². The number of benzene rings is 1. The number of rotatable bonds is 4. The van der Waals surface area contributed by atoms with Gasteiger partial charge in [-0.15, -0.1) is 0 Å². The Labute approximate surface area is 108 Å². The molecule has 2 rings (SSSR count). The molecule has 0 bridgehead atoms. The molecule has 0 aromatic heterocycles. The van der Waals surface area contributed by atoms with Crippen molar-refractivity contribution in [2.75, 3.05) is 20.3 Å². The van der Waals surface area contributed by atoms with Gasteiger partial charge >= 0.3 is 0 Å². The minimum absolute atomic E-state index is 0.167. The summed E-state index contributed by atoms with van der Waals surface area (Å²) in [4.78, 5) is 12.4. The van der Waals surface area contributed by atoms with Crippen LogP contribution in [-0.4, -0.2) is 26.1 Å². The first-order valence-electron chi connectivity index (χ1n) is 6.38. The summed E-state index contributed by atoms with van der Waals surface area (Å²) in [5.74, 6) is 1.22. The van der Waals surface area contributed by atoms with Gasteiger partial charge in [-0.25, -0.2) is 0 Å². The molecule has 3 heteroatoms. The van der Waals surface area contributed by atoms with Crippen molar-refractivity contribution in [3.05, 3.63) is 28.8 Å². The lowest BCUT2D eigenvalue weighted by molar-refractivity contribution is 0.0949. The van der Waals surface area contributed by atoms with Crippen LogP contribution in [0.15, 0.2) is 12.1 Å². The van der Waals surface area contributed by atoms with Gasteiger partial charge in [0.1, 0.15) is 5.75 Å². The first kappa shape index (κ1) is 13.1. The molecule has 1 fully saturated rings. The average molecular weight is 248 g/mol. The summed E-state index contributed by atoms with van der Waals surface area (Å²) >= 11 is 0. The quantitative estimate of drug-likeness (QED) is 0.768. The Morgan fingerprint density at radius 3 is 2.83 bits per heavy atom. The largest absolute Gasteiger partial charge is 0.496 e. The molecular formula is C15H20O3. The van der Waals surface area contributed by atoms with E-state index in [1.54, 1.807) is 7.11 Å². The molecule has 1 heterocycles. The zero-order valence-electron chi connectivity index (χ0n) is 11.3. The van der Waals surface area contributed by atoms with Crippen molar-refractivity contribution in [3.63, 3.8) is 0 Å². The Kier molecular flexibility index (Phi) is 4.02. The lowest BCUT2D eigenvalue weighted by Crippen LogP contribution is -2.11. The molecule has 0 saturated carbocycles. The lowest BCUT2D eigenvalue weighted by atomic mass is 9.93. The van der Waals surface area contributed by atoms with Gasteiger partial charge in [0, 0.05) is 19.6 Å². The highest BCUT2D eigenvalue weighted by Gasteiger charge is 2.23. The number of carbonyl (C=O) groups excluding carboxylic acids is 1. The van der Waals surface area contributed by atoms with Crippen molar-refractivity contribution < 1.29 is 14.3 Å². The van der Waals surface area contributed by atoms with Crippen LogP contribution in [0.4, 0.5) is 0 Å². The van der Waals surface area contributed by atoms with Gasteiger partial charge in [0.2, 0.25) is 0 Å². The van der Waals surface area contributed by atoms with E-state index in [2.05, 4.69) is 0 Å². The molecule has 1 aliphatic rings. The maximum atomic E-state index is 12.4. The van der Waals surface area contributed by atoms with Crippen LogP contribution in [0.25, 0.3) is 0 Å². The molecule has 0 N–H and O–H groups in total. The summed E-state index contributed by atoms with van der Waals surface area (Å²) in [6.45, 7) is 5.46. The minimum Gasteiger partial charge on any atom is -0.496 e. The Morgan fingerprint density at radius 2 is 2.22 bits per heavy atom. The van der Waals surface area contributed by atoms with Gasteiger partial charge in [-0.1, -0.05) is 6.07 Å². The average Bonchev–Trinajstić information content (AvgIpc) is 2.80. The summed E-state index contributed by atoms with van der Waals surface area (Å²) in [6.07, 6.45) is 1.54. The molecule has 0 radical (unpaired) electrons. The number of ether oxygens (including phenoxy) is 2. The van der Waals surface area contributed by atoms with Gasteiger partial charge in [0.05, 0.1) is 12.7 Å². The predicted molar refractivity (Wildman–Crippen MR) is 70.3 cm³/mol. The smallest absolute Gasteiger partial charge is 0.167 e. The summed E-state index contributed by atoms with van der Waals surface area (Å²) in [6, 6.07) is 3.95. The van der Waals surface area contributed by atoms with Crippen LogP contribution in [0.1, 0.15) is 34.3 Å². The van der Waals surface area contributed by atoms with Crippen molar-refractivity contribution >= 4 is 5.78 Å². The number of aryl methyl sites for hydroxylation is 2. The highest BCUT2D eigenvalue weighted by molar-refractivity contribution is 6.00. The Bertz CT molecular complexity index is 445. The van der Waals surface area contributed by atoms with Crippen LogP contribution >= 0.6 is 0 Å². The molecule has 1 aliphatic heterocycles. The van der Waals surface area contributed by atoms with Crippen molar-refractivity contribution in [3.8, 4) is 5.75 Å². The van der Waals surface area contributed by atoms with Gasteiger partial charge < -0.3 is 9.47 Å². The van der Waals surface area contributed by atoms with E-state index >= 15 is 0 Å². The first-order valence-corrected chi connectivity index (χ1v) is 6.38. The summed E-state index contributed by atoms with van der Waals surface area (Å²) < 4.78 is 10.7. The van der Waals surface area contributed by atoms with Crippen molar-refractivity contribution in [2.24, 2.45) is 5.92 Å². The van der Waals surface area contributed by atoms with E-state index in [-0.39, 0.29) is 5.78 Å². The van der Waals surface area contributed by atoms with Crippen LogP contribution in [-0.2, 0) is 4.74 Å². The molecule has 1 saturated heterocycles. The normalized spacial score (nSPS) is 18.9. The van der Waals surface area contributed by atoms with E-state index in [1.807, 2.05) is 26.0 Å². The van der Waals surface area contributed by atoms with E-state index in [0.717, 1.165) is 29.7 Å². The van der Waals surface area contributed by atoms with E-state index in [0.29, 0.717) is 24.7 Å². The monoisotopic (exact) mass is 248 g/mol. The predicted octanol–water partition coefficient (Wildman–Crippen LogP) is 2.92. The van der Waals surface area contributed by atoms with E-state index < -0.39 is 0 Å². The SMILES string of the molecule is COc1cc(C)cc(C)c1C(=O)CC1CCOC1. The maximum Gasteiger partial charge on any atom is 0.167 e. The van der Waals surface area contributed by atoms with Gasteiger partial charge in [-0.05, 0) is 43.4 Å². The summed E-state index contributed by atoms with van der Waals surface area (Å²) in [7, 11) is 1.61. The molecular weight excluding hydrogens is 228 g/mol. The van der Waals surface area contributed by atoms with Gasteiger partial charge in [0.25, 0.3) is 0 Å². The number of Topliss-reactive ketones (excluding diaryl/α,β-unsaturated/α-hetero) is 1. The molecule has 1 aromatic rings. The van der Waals surface area contributed by atoms with E-state index in [4.69, 9.17) is 9.47 Å². The Hall–Kier alpha value is -1.35. The number of hydrogen-bond donors (Lipinski definition) is 0. The second kappa shape index (κ2) is 5.53. The number of methoxy groups -OCH3 is 1. The Morgan fingerprint density at radius 1 is 1.44 bits per heavy atom.